The van der Waals surface area contributed by atoms with E-state index in [1.165, 1.54) is 12.1 Å². The SMILES string of the molecule is O=Cc1c(F)cc(Br)cc1N1CCC2(CC1)N=C(c1ccc(C(F)(F)F)nc1C1CCC1)NC2=O. The molecule has 3 aliphatic rings. The highest BCUT2D eigenvalue weighted by Gasteiger charge is 2.47. The first-order valence-corrected chi connectivity index (χ1v) is 12.1. The predicted octanol–water partition coefficient (Wildman–Crippen LogP) is 5.00. The maximum Gasteiger partial charge on any atom is 0.433 e. The lowest BCUT2D eigenvalue weighted by molar-refractivity contribution is -0.141. The van der Waals surface area contributed by atoms with Crippen LogP contribution in [-0.2, 0) is 11.0 Å². The predicted molar refractivity (Wildman–Crippen MR) is 124 cm³/mol. The molecule has 1 saturated carbocycles. The highest BCUT2D eigenvalue weighted by Crippen LogP contribution is 2.41. The summed E-state index contributed by atoms with van der Waals surface area (Å²) >= 11 is 3.25. The Kier molecular flexibility index (Phi) is 5.93. The molecule has 0 atom stereocenters. The van der Waals surface area contributed by atoms with Crippen LogP contribution in [0, 0.1) is 5.82 Å². The summed E-state index contributed by atoms with van der Waals surface area (Å²) in [5.41, 5.74) is -0.901. The van der Waals surface area contributed by atoms with Crippen molar-refractivity contribution in [3.63, 3.8) is 0 Å². The minimum atomic E-state index is -4.56. The van der Waals surface area contributed by atoms with Crippen molar-refractivity contribution in [2.45, 2.75) is 49.7 Å². The molecule has 11 heteroatoms. The molecule has 35 heavy (non-hydrogen) atoms. The van der Waals surface area contributed by atoms with Crippen molar-refractivity contribution in [2.75, 3.05) is 18.0 Å². The number of nitrogens with one attached hydrogen (secondary N) is 1. The lowest BCUT2D eigenvalue weighted by atomic mass is 9.80. The van der Waals surface area contributed by atoms with Gasteiger partial charge in [-0.15, -0.1) is 0 Å². The Hall–Kier alpha value is -2.82. The number of rotatable bonds is 4. The first kappa shape index (κ1) is 23.9. The van der Waals surface area contributed by atoms with E-state index in [1.807, 2.05) is 4.90 Å². The maximum absolute atomic E-state index is 14.3. The van der Waals surface area contributed by atoms with Crippen molar-refractivity contribution >= 4 is 39.6 Å². The number of aromatic nitrogens is 1. The molecule has 0 radical (unpaired) electrons. The van der Waals surface area contributed by atoms with E-state index in [0.29, 0.717) is 53.6 Å². The van der Waals surface area contributed by atoms with Gasteiger partial charge in [0.2, 0.25) is 0 Å². The number of benzene rings is 1. The number of alkyl halides is 3. The van der Waals surface area contributed by atoms with Crippen molar-refractivity contribution in [1.29, 1.82) is 0 Å². The molecule has 2 fully saturated rings. The number of pyridine rings is 1. The Labute approximate surface area is 206 Å². The normalized spacial score (nSPS) is 20.0. The van der Waals surface area contributed by atoms with Crippen LogP contribution in [0.15, 0.2) is 33.7 Å². The van der Waals surface area contributed by atoms with Gasteiger partial charge in [-0.2, -0.15) is 13.2 Å². The van der Waals surface area contributed by atoms with Crippen LogP contribution in [0.5, 0.6) is 0 Å². The molecule has 1 aliphatic carbocycles. The van der Waals surface area contributed by atoms with Crippen LogP contribution in [0.2, 0.25) is 0 Å². The minimum absolute atomic E-state index is 0.0508. The van der Waals surface area contributed by atoms with Gasteiger partial charge in [-0.25, -0.2) is 9.37 Å². The zero-order chi connectivity index (χ0) is 25.0. The van der Waals surface area contributed by atoms with Crippen LogP contribution in [0.4, 0.5) is 23.2 Å². The van der Waals surface area contributed by atoms with E-state index in [2.05, 4.69) is 31.2 Å². The average molecular weight is 553 g/mol. The van der Waals surface area contributed by atoms with Gasteiger partial charge in [0.1, 0.15) is 22.9 Å². The topological polar surface area (TPSA) is 74.7 Å². The largest absolute Gasteiger partial charge is 0.433 e. The summed E-state index contributed by atoms with van der Waals surface area (Å²) in [6.45, 7) is 0.698. The summed E-state index contributed by atoms with van der Waals surface area (Å²) < 4.78 is 54.6. The molecular weight excluding hydrogens is 532 g/mol. The molecule has 1 aromatic carbocycles. The number of carbonyl (C=O) groups is 2. The lowest BCUT2D eigenvalue weighted by Gasteiger charge is -2.37. The highest BCUT2D eigenvalue weighted by atomic mass is 79.9. The van der Waals surface area contributed by atoms with Gasteiger partial charge in [-0.3, -0.25) is 14.6 Å². The van der Waals surface area contributed by atoms with E-state index >= 15 is 0 Å². The molecule has 5 rings (SSSR count). The third-order valence-electron chi connectivity index (χ3n) is 7.06. The molecule has 1 N–H and O–H groups in total. The van der Waals surface area contributed by atoms with Crippen LogP contribution in [-0.4, -0.2) is 41.6 Å². The van der Waals surface area contributed by atoms with Gasteiger partial charge < -0.3 is 10.2 Å². The smallest absolute Gasteiger partial charge is 0.371 e. The highest BCUT2D eigenvalue weighted by molar-refractivity contribution is 9.10. The number of aldehydes is 1. The van der Waals surface area contributed by atoms with Gasteiger partial charge >= 0.3 is 6.18 Å². The van der Waals surface area contributed by atoms with E-state index < -0.39 is 23.2 Å². The van der Waals surface area contributed by atoms with E-state index in [4.69, 9.17) is 0 Å². The fraction of sp³-hybridized carbons (Fsp3) is 0.417. The van der Waals surface area contributed by atoms with Crippen molar-refractivity contribution in [1.82, 2.24) is 10.3 Å². The van der Waals surface area contributed by atoms with E-state index in [9.17, 15) is 27.2 Å². The monoisotopic (exact) mass is 552 g/mol. The first-order valence-electron chi connectivity index (χ1n) is 11.3. The molecular formula is C24H21BrF4N4O2. The fourth-order valence-electron chi connectivity index (χ4n) is 4.88. The number of hydrogen-bond donors (Lipinski definition) is 1. The van der Waals surface area contributed by atoms with Crippen LogP contribution in [0.1, 0.15) is 65.3 Å². The molecule has 1 aromatic heterocycles. The fourth-order valence-corrected chi connectivity index (χ4v) is 5.29. The van der Waals surface area contributed by atoms with Gasteiger partial charge in [0.15, 0.2) is 6.29 Å². The molecule has 1 spiro atoms. The number of hydrogen-bond acceptors (Lipinski definition) is 5. The molecule has 184 valence electrons. The van der Waals surface area contributed by atoms with E-state index in [-0.39, 0.29) is 23.2 Å². The molecule has 0 unspecified atom stereocenters. The summed E-state index contributed by atoms with van der Waals surface area (Å²) in [6, 6.07) is 5.14. The average Bonchev–Trinajstić information content (AvgIpc) is 3.07. The van der Waals surface area contributed by atoms with Crippen molar-refractivity contribution < 1.29 is 27.2 Å². The first-order chi connectivity index (χ1) is 16.6. The maximum atomic E-state index is 14.3. The number of nitrogens with zero attached hydrogens (tertiary/aromatic N) is 3. The second kappa shape index (κ2) is 8.69. The van der Waals surface area contributed by atoms with E-state index in [1.54, 1.807) is 6.07 Å². The van der Waals surface area contributed by atoms with Crippen LogP contribution in [0.25, 0.3) is 0 Å². The van der Waals surface area contributed by atoms with Gasteiger partial charge in [-0.1, -0.05) is 22.4 Å². The Morgan fingerprint density at radius 3 is 2.49 bits per heavy atom. The van der Waals surface area contributed by atoms with E-state index in [0.717, 1.165) is 25.3 Å². The zero-order valence-electron chi connectivity index (χ0n) is 18.5. The van der Waals surface area contributed by atoms with Crippen LogP contribution >= 0.6 is 15.9 Å². The molecule has 1 amide bonds. The van der Waals surface area contributed by atoms with Gasteiger partial charge in [0.25, 0.3) is 5.91 Å². The Balaban J connectivity index is 1.43. The summed E-state index contributed by atoms with van der Waals surface area (Å²) in [6.07, 6.45) is -1.07. The molecule has 2 aromatic rings. The third-order valence-corrected chi connectivity index (χ3v) is 7.52. The van der Waals surface area contributed by atoms with Crippen LogP contribution < -0.4 is 10.2 Å². The van der Waals surface area contributed by atoms with Crippen LogP contribution in [0.3, 0.4) is 0 Å². The number of amides is 1. The van der Waals surface area contributed by atoms with Crippen molar-refractivity contribution in [3.8, 4) is 0 Å². The summed E-state index contributed by atoms with van der Waals surface area (Å²) in [7, 11) is 0. The Morgan fingerprint density at radius 1 is 1.17 bits per heavy atom. The van der Waals surface area contributed by atoms with Crippen molar-refractivity contribution in [3.05, 3.63) is 57.1 Å². The molecule has 2 aliphatic heterocycles. The number of aliphatic imine (C=N–C) groups is 1. The molecule has 1 saturated heterocycles. The number of piperidine rings is 1. The lowest BCUT2D eigenvalue weighted by Crippen LogP contribution is -2.49. The second-order valence-corrected chi connectivity index (χ2v) is 10.0. The Bertz CT molecular complexity index is 1230. The van der Waals surface area contributed by atoms with Gasteiger partial charge in [0, 0.05) is 29.0 Å². The van der Waals surface area contributed by atoms with Crippen molar-refractivity contribution in [2.24, 2.45) is 4.99 Å². The molecule has 0 bridgehead atoms. The Morgan fingerprint density at radius 2 is 1.89 bits per heavy atom. The quantitative estimate of drug-likeness (QED) is 0.428. The number of halogens is 5. The summed E-state index contributed by atoms with van der Waals surface area (Å²) in [5.74, 6) is -0.809. The third kappa shape index (κ3) is 4.23. The molecule has 3 heterocycles. The zero-order valence-corrected chi connectivity index (χ0v) is 20.0. The second-order valence-electron chi connectivity index (χ2n) is 9.13. The van der Waals surface area contributed by atoms with Gasteiger partial charge in [0.05, 0.1) is 16.9 Å². The number of carbonyl (C=O) groups excluding carboxylic acids is 2. The number of amidine groups is 1. The standard InChI is InChI=1S/C24H21BrF4N4O2/c25-14-10-17(26)16(12-34)18(11-14)33-8-6-23(7-9-33)22(35)31-21(32-23)15-4-5-19(24(27,28)29)30-20(15)13-2-1-3-13/h4-5,10-13H,1-3,6-9H2,(H,31,32,35). The summed E-state index contributed by atoms with van der Waals surface area (Å²) in [5, 5.41) is 2.78. The minimum Gasteiger partial charge on any atom is -0.371 e. The summed E-state index contributed by atoms with van der Waals surface area (Å²) in [4.78, 5) is 34.9. The number of anilines is 1. The molecule has 6 nitrogen and oxygen atoms in total. The van der Waals surface area contributed by atoms with Gasteiger partial charge in [-0.05, 0) is 49.9 Å².